The van der Waals surface area contributed by atoms with E-state index >= 15 is 0 Å². The van der Waals surface area contributed by atoms with Crippen LogP contribution in [0.3, 0.4) is 0 Å². The molecule has 0 radical (unpaired) electrons. The molecule has 3 rings (SSSR count). The topological polar surface area (TPSA) is 24.5 Å². The molecule has 0 amide bonds. The van der Waals surface area contributed by atoms with Gasteiger partial charge in [-0.3, -0.25) is 4.90 Å². The lowest BCUT2D eigenvalue weighted by molar-refractivity contribution is 0.197. The maximum absolute atomic E-state index is 14.5. The highest BCUT2D eigenvalue weighted by atomic mass is 32.1. The van der Waals surface area contributed by atoms with Crippen molar-refractivity contribution in [1.82, 2.24) is 10.2 Å². The Labute approximate surface area is 128 Å². The van der Waals surface area contributed by atoms with E-state index in [4.69, 9.17) is 4.74 Å². The summed E-state index contributed by atoms with van der Waals surface area (Å²) in [5.41, 5.74) is 0.722. The Morgan fingerprint density at radius 3 is 2.71 bits per heavy atom. The Hall–Kier alpha value is -1.43. The lowest BCUT2D eigenvalue weighted by Gasteiger charge is -2.35. The molecule has 1 fully saturated rings. The smallest absolute Gasteiger partial charge is 0.132 e. The summed E-state index contributed by atoms with van der Waals surface area (Å²) in [6.07, 6.45) is 0. The van der Waals surface area contributed by atoms with Crippen LogP contribution in [0.4, 0.5) is 4.39 Å². The molecule has 1 aromatic heterocycles. The number of benzene rings is 1. The van der Waals surface area contributed by atoms with Gasteiger partial charge < -0.3 is 10.1 Å². The maximum atomic E-state index is 14.5. The number of rotatable bonds is 4. The van der Waals surface area contributed by atoms with Crippen molar-refractivity contribution < 1.29 is 9.13 Å². The zero-order valence-electron chi connectivity index (χ0n) is 12.0. The number of methoxy groups -OCH3 is 1. The second kappa shape index (κ2) is 6.56. The molecule has 1 aromatic carbocycles. The van der Waals surface area contributed by atoms with Crippen molar-refractivity contribution in [2.24, 2.45) is 0 Å². The molecule has 1 saturated heterocycles. The van der Waals surface area contributed by atoms with E-state index in [0.29, 0.717) is 5.75 Å². The van der Waals surface area contributed by atoms with Gasteiger partial charge in [0.25, 0.3) is 0 Å². The second-order valence-electron chi connectivity index (χ2n) is 5.09. The molecule has 1 atom stereocenters. The van der Waals surface area contributed by atoms with E-state index < -0.39 is 0 Å². The summed E-state index contributed by atoms with van der Waals surface area (Å²) in [4.78, 5) is 3.52. The molecule has 0 aliphatic carbocycles. The molecule has 1 N–H and O–H groups in total. The predicted octanol–water partition coefficient (Wildman–Crippen LogP) is 2.89. The van der Waals surface area contributed by atoms with Gasteiger partial charge in [0.15, 0.2) is 0 Å². The molecular formula is C16H19FN2OS. The van der Waals surface area contributed by atoms with E-state index in [0.717, 1.165) is 31.7 Å². The highest BCUT2D eigenvalue weighted by Crippen LogP contribution is 2.34. The molecular weight excluding hydrogens is 287 g/mol. The summed E-state index contributed by atoms with van der Waals surface area (Å²) in [7, 11) is 1.56. The third-order valence-corrected chi connectivity index (χ3v) is 4.76. The van der Waals surface area contributed by atoms with Crippen molar-refractivity contribution in [3.63, 3.8) is 0 Å². The molecule has 1 aliphatic heterocycles. The molecule has 5 heteroatoms. The summed E-state index contributed by atoms with van der Waals surface area (Å²) in [5, 5.41) is 5.39. The van der Waals surface area contributed by atoms with Crippen molar-refractivity contribution in [1.29, 1.82) is 0 Å². The first-order chi connectivity index (χ1) is 10.3. The van der Waals surface area contributed by atoms with Crippen LogP contribution < -0.4 is 10.1 Å². The maximum Gasteiger partial charge on any atom is 0.132 e. The molecule has 21 heavy (non-hydrogen) atoms. The van der Waals surface area contributed by atoms with Crippen LogP contribution in [-0.4, -0.2) is 38.2 Å². The molecule has 0 bridgehead atoms. The van der Waals surface area contributed by atoms with Crippen LogP contribution in [0.15, 0.2) is 35.7 Å². The van der Waals surface area contributed by atoms with E-state index in [-0.39, 0.29) is 11.9 Å². The predicted molar refractivity (Wildman–Crippen MR) is 83.6 cm³/mol. The molecule has 112 valence electrons. The standard InChI is InChI=1S/C16H19FN2OS/c1-20-12-4-5-13(14(17)11-12)16(15-3-2-10-21-15)19-8-6-18-7-9-19/h2-5,10-11,16,18H,6-9H2,1H3/t16-/m0/s1. The molecule has 1 aliphatic rings. The van der Waals surface area contributed by atoms with Crippen LogP contribution in [0, 0.1) is 5.82 Å². The number of hydrogen-bond donors (Lipinski definition) is 1. The number of halogens is 1. The molecule has 0 saturated carbocycles. The van der Waals surface area contributed by atoms with Crippen LogP contribution in [0.5, 0.6) is 5.75 Å². The zero-order valence-corrected chi connectivity index (χ0v) is 12.8. The van der Waals surface area contributed by atoms with Crippen molar-refractivity contribution in [2.45, 2.75) is 6.04 Å². The van der Waals surface area contributed by atoms with Gasteiger partial charge in [-0.15, -0.1) is 11.3 Å². The number of nitrogens with one attached hydrogen (secondary N) is 1. The molecule has 2 aromatic rings. The molecule has 2 heterocycles. The first kappa shape index (κ1) is 14.5. The van der Waals surface area contributed by atoms with Gasteiger partial charge in [0.2, 0.25) is 0 Å². The van der Waals surface area contributed by atoms with Gasteiger partial charge in [0.1, 0.15) is 11.6 Å². The highest BCUT2D eigenvalue weighted by molar-refractivity contribution is 7.10. The lowest BCUT2D eigenvalue weighted by atomic mass is 10.0. The van der Waals surface area contributed by atoms with Gasteiger partial charge in [-0.25, -0.2) is 4.39 Å². The fraction of sp³-hybridized carbons (Fsp3) is 0.375. The Balaban J connectivity index is 1.98. The minimum atomic E-state index is -0.203. The number of piperazine rings is 1. The highest BCUT2D eigenvalue weighted by Gasteiger charge is 2.27. The Kier molecular flexibility index (Phi) is 4.53. The number of thiophene rings is 1. The average molecular weight is 306 g/mol. The first-order valence-corrected chi connectivity index (χ1v) is 7.99. The first-order valence-electron chi connectivity index (χ1n) is 7.11. The Morgan fingerprint density at radius 2 is 2.10 bits per heavy atom. The summed E-state index contributed by atoms with van der Waals surface area (Å²) in [5.74, 6) is 0.354. The Bertz CT molecular complexity index is 582. The summed E-state index contributed by atoms with van der Waals surface area (Å²) in [6.45, 7) is 3.74. The van der Waals surface area contributed by atoms with Gasteiger partial charge in [0, 0.05) is 42.7 Å². The fourth-order valence-corrected chi connectivity index (χ4v) is 3.65. The van der Waals surface area contributed by atoms with Crippen LogP contribution in [0.1, 0.15) is 16.5 Å². The number of nitrogens with zero attached hydrogens (tertiary/aromatic N) is 1. The van der Waals surface area contributed by atoms with E-state index in [1.807, 2.05) is 23.6 Å². The second-order valence-corrected chi connectivity index (χ2v) is 6.07. The summed E-state index contributed by atoms with van der Waals surface area (Å²) in [6, 6.07) is 9.25. The Morgan fingerprint density at radius 1 is 1.29 bits per heavy atom. The van der Waals surface area contributed by atoms with Crippen LogP contribution in [0.25, 0.3) is 0 Å². The third-order valence-electron chi connectivity index (χ3n) is 3.83. The minimum absolute atomic E-state index is 0.0157. The van der Waals surface area contributed by atoms with Crippen molar-refractivity contribution in [2.75, 3.05) is 33.3 Å². The average Bonchev–Trinajstić information content (AvgIpc) is 3.04. The van der Waals surface area contributed by atoms with E-state index in [9.17, 15) is 4.39 Å². The minimum Gasteiger partial charge on any atom is -0.497 e. The third kappa shape index (κ3) is 3.10. The zero-order chi connectivity index (χ0) is 14.7. The van der Waals surface area contributed by atoms with Gasteiger partial charge >= 0.3 is 0 Å². The van der Waals surface area contributed by atoms with Gasteiger partial charge in [-0.05, 0) is 17.5 Å². The van der Waals surface area contributed by atoms with E-state index in [2.05, 4.69) is 16.3 Å². The van der Waals surface area contributed by atoms with Crippen LogP contribution in [-0.2, 0) is 0 Å². The van der Waals surface area contributed by atoms with E-state index in [1.165, 1.54) is 10.9 Å². The summed E-state index contributed by atoms with van der Waals surface area (Å²) < 4.78 is 19.6. The largest absolute Gasteiger partial charge is 0.497 e. The van der Waals surface area contributed by atoms with Gasteiger partial charge in [0.05, 0.1) is 13.2 Å². The fourth-order valence-electron chi connectivity index (χ4n) is 2.77. The van der Waals surface area contributed by atoms with Crippen molar-refractivity contribution >= 4 is 11.3 Å². The quantitative estimate of drug-likeness (QED) is 0.940. The van der Waals surface area contributed by atoms with E-state index in [1.54, 1.807) is 18.4 Å². The monoisotopic (exact) mass is 306 g/mol. The number of hydrogen-bond acceptors (Lipinski definition) is 4. The SMILES string of the molecule is COc1ccc([C@@H](c2cccs2)N2CCNCC2)c(F)c1. The van der Waals surface area contributed by atoms with Crippen LogP contribution in [0.2, 0.25) is 0 Å². The number of ether oxygens (including phenoxy) is 1. The normalized spacial score (nSPS) is 17.6. The van der Waals surface area contributed by atoms with Gasteiger partial charge in [-0.2, -0.15) is 0 Å². The van der Waals surface area contributed by atoms with Gasteiger partial charge in [-0.1, -0.05) is 12.1 Å². The molecule has 0 unspecified atom stereocenters. The van der Waals surface area contributed by atoms with Crippen LogP contribution >= 0.6 is 11.3 Å². The molecule has 3 nitrogen and oxygen atoms in total. The molecule has 0 spiro atoms. The summed E-state index contributed by atoms with van der Waals surface area (Å²) >= 11 is 1.68. The van der Waals surface area contributed by atoms with Crippen molar-refractivity contribution in [3.05, 3.63) is 52.0 Å². The van der Waals surface area contributed by atoms with Crippen molar-refractivity contribution in [3.8, 4) is 5.75 Å². The lowest BCUT2D eigenvalue weighted by Crippen LogP contribution is -2.45.